The highest BCUT2D eigenvalue weighted by Crippen LogP contribution is 2.40. The number of hydrogen-bond donors (Lipinski definition) is 1. The van der Waals surface area contributed by atoms with Gasteiger partial charge in [0.1, 0.15) is 5.60 Å². The lowest BCUT2D eigenvalue weighted by molar-refractivity contribution is -0.00483. The lowest BCUT2D eigenvalue weighted by Crippen LogP contribution is -2.50. The minimum atomic E-state index is -1.26. The van der Waals surface area contributed by atoms with Crippen LogP contribution in [-0.4, -0.2) is 35.3 Å². The van der Waals surface area contributed by atoms with E-state index in [-0.39, 0.29) is 12.1 Å². The lowest BCUT2D eigenvalue weighted by atomic mass is 9.79. The molecular formula is C20H23NO3. The van der Waals surface area contributed by atoms with Crippen LogP contribution in [0.25, 0.3) is 0 Å². The largest absolute Gasteiger partial charge is 0.450 e. The Kier molecular flexibility index (Phi) is 4.86. The third-order valence-electron chi connectivity index (χ3n) is 4.67. The van der Waals surface area contributed by atoms with Gasteiger partial charge in [0.2, 0.25) is 0 Å². The van der Waals surface area contributed by atoms with E-state index < -0.39 is 5.60 Å². The summed E-state index contributed by atoms with van der Waals surface area (Å²) in [5.41, 5.74) is 0.320. The number of carbonyl (C=O) groups excluding carboxylic acids is 1. The Labute approximate surface area is 142 Å². The normalized spacial score (nSPS) is 17.8. The highest BCUT2D eigenvalue weighted by molar-refractivity contribution is 5.69. The van der Waals surface area contributed by atoms with Gasteiger partial charge < -0.3 is 14.7 Å². The molecule has 2 aromatic rings. The predicted octanol–water partition coefficient (Wildman–Crippen LogP) is 3.54. The highest BCUT2D eigenvalue weighted by Gasteiger charge is 2.47. The molecule has 4 heteroatoms. The molecular weight excluding hydrogens is 302 g/mol. The first-order valence-corrected chi connectivity index (χ1v) is 8.44. The molecule has 1 fully saturated rings. The first kappa shape index (κ1) is 16.5. The third-order valence-corrected chi connectivity index (χ3v) is 4.67. The first-order valence-electron chi connectivity index (χ1n) is 8.44. The fourth-order valence-corrected chi connectivity index (χ4v) is 3.56. The van der Waals surface area contributed by atoms with Crippen LogP contribution in [0.1, 0.15) is 30.9 Å². The molecule has 1 heterocycles. The number of aliphatic hydroxyl groups is 1. The molecule has 0 aliphatic carbocycles. The first-order chi connectivity index (χ1) is 11.7. The minimum absolute atomic E-state index is 0.331. The van der Waals surface area contributed by atoms with Crippen LogP contribution in [-0.2, 0) is 10.3 Å². The molecule has 0 saturated carbocycles. The molecule has 1 saturated heterocycles. The summed E-state index contributed by atoms with van der Waals surface area (Å²) in [6, 6.07) is 18.8. The van der Waals surface area contributed by atoms with E-state index in [9.17, 15) is 9.90 Å². The number of rotatable bonds is 4. The van der Waals surface area contributed by atoms with Gasteiger partial charge in [0, 0.05) is 6.54 Å². The zero-order chi connectivity index (χ0) is 17.0. The van der Waals surface area contributed by atoms with Crippen molar-refractivity contribution in [1.82, 2.24) is 4.90 Å². The molecule has 0 radical (unpaired) electrons. The second-order valence-electron chi connectivity index (χ2n) is 6.05. The van der Waals surface area contributed by atoms with Crippen molar-refractivity contribution in [2.24, 2.45) is 0 Å². The lowest BCUT2D eigenvalue weighted by Gasteiger charge is -2.39. The van der Waals surface area contributed by atoms with Crippen molar-refractivity contribution in [1.29, 1.82) is 0 Å². The van der Waals surface area contributed by atoms with E-state index in [1.54, 1.807) is 11.8 Å². The number of carbonyl (C=O) groups is 1. The summed E-state index contributed by atoms with van der Waals surface area (Å²) in [6.07, 6.45) is 1.23. The standard InChI is InChI=1S/C20H23NO3/c1-2-24-19(22)21-15-9-14-18(21)20(23,16-10-5-3-6-11-16)17-12-7-4-8-13-17/h3-8,10-13,18,23H,2,9,14-15H2,1H3/t18-/m0/s1. The van der Waals surface area contributed by atoms with Crippen LogP contribution < -0.4 is 0 Å². The fourth-order valence-electron chi connectivity index (χ4n) is 3.56. The van der Waals surface area contributed by atoms with Gasteiger partial charge >= 0.3 is 6.09 Å². The molecule has 1 aliphatic rings. The van der Waals surface area contributed by atoms with E-state index in [2.05, 4.69) is 0 Å². The van der Waals surface area contributed by atoms with Crippen molar-refractivity contribution in [2.75, 3.05) is 13.2 Å². The van der Waals surface area contributed by atoms with Crippen LogP contribution in [0.2, 0.25) is 0 Å². The van der Waals surface area contributed by atoms with E-state index in [0.29, 0.717) is 13.2 Å². The van der Waals surface area contributed by atoms with Crippen LogP contribution in [0.4, 0.5) is 4.79 Å². The summed E-state index contributed by atoms with van der Waals surface area (Å²) in [5, 5.41) is 11.8. The summed E-state index contributed by atoms with van der Waals surface area (Å²) >= 11 is 0. The van der Waals surface area contributed by atoms with Gasteiger partial charge in [-0.05, 0) is 30.9 Å². The quantitative estimate of drug-likeness (QED) is 0.935. The highest BCUT2D eigenvalue weighted by atomic mass is 16.6. The molecule has 1 atom stereocenters. The maximum Gasteiger partial charge on any atom is 0.410 e. The molecule has 4 nitrogen and oxygen atoms in total. The van der Waals surface area contributed by atoms with E-state index in [1.807, 2.05) is 60.7 Å². The van der Waals surface area contributed by atoms with Gasteiger partial charge in [-0.2, -0.15) is 0 Å². The second-order valence-corrected chi connectivity index (χ2v) is 6.05. The summed E-state index contributed by atoms with van der Waals surface area (Å²) in [6.45, 7) is 2.73. The van der Waals surface area contributed by atoms with Gasteiger partial charge in [-0.25, -0.2) is 4.79 Å². The third kappa shape index (κ3) is 2.89. The Morgan fingerprint density at radius 1 is 1.12 bits per heavy atom. The zero-order valence-electron chi connectivity index (χ0n) is 13.9. The maximum atomic E-state index is 12.4. The van der Waals surface area contributed by atoms with E-state index in [0.717, 1.165) is 24.0 Å². The van der Waals surface area contributed by atoms with E-state index >= 15 is 0 Å². The monoisotopic (exact) mass is 325 g/mol. The number of hydrogen-bond acceptors (Lipinski definition) is 3. The molecule has 2 aromatic carbocycles. The Bertz CT molecular complexity index is 632. The topological polar surface area (TPSA) is 49.8 Å². The van der Waals surface area contributed by atoms with Crippen LogP contribution in [0.3, 0.4) is 0 Å². The van der Waals surface area contributed by atoms with E-state index in [4.69, 9.17) is 4.74 Å². The molecule has 1 amide bonds. The summed E-state index contributed by atoms with van der Waals surface area (Å²) in [4.78, 5) is 14.0. The number of nitrogens with zero attached hydrogens (tertiary/aromatic N) is 1. The molecule has 24 heavy (non-hydrogen) atoms. The second kappa shape index (κ2) is 7.05. The van der Waals surface area contributed by atoms with Crippen molar-refractivity contribution >= 4 is 6.09 Å². The fraction of sp³-hybridized carbons (Fsp3) is 0.350. The van der Waals surface area contributed by atoms with Crippen LogP contribution >= 0.6 is 0 Å². The molecule has 3 rings (SSSR count). The smallest absolute Gasteiger partial charge is 0.410 e. The minimum Gasteiger partial charge on any atom is -0.450 e. The van der Waals surface area contributed by atoms with Gasteiger partial charge in [-0.3, -0.25) is 0 Å². The Morgan fingerprint density at radius 3 is 2.17 bits per heavy atom. The Balaban J connectivity index is 2.07. The van der Waals surface area contributed by atoms with Crippen molar-refractivity contribution < 1.29 is 14.6 Å². The van der Waals surface area contributed by atoms with Gasteiger partial charge in [0.05, 0.1) is 12.6 Å². The van der Waals surface area contributed by atoms with Crippen LogP contribution in [0.5, 0.6) is 0 Å². The zero-order valence-corrected chi connectivity index (χ0v) is 13.9. The van der Waals surface area contributed by atoms with Crippen molar-refractivity contribution in [2.45, 2.75) is 31.4 Å². The molecule has 1 N–H and O–H groups in total. The number of likely N-dealkylation sites (tertiary alicyclic amines) is 1. The maximum absolute atomic E-state index is 12.4. The van der Waals surface area contributed by atoms with Crippen molar-refractivity contribution in [3.8, 4) is 0 Å². The molecule has 0 spiro atoms. The van der Waals surface area contributed by atoms with Gasteiger partial charge in [0.25, 0.3) is 0 Å². The molecule has 0 bridgehead atoms. The molecule has 126 valence electrons. The number of benzene rings is 2. The summed E-state index contributed by atoms with van der Waals surface area (Å²) < 4.78 is 5.20. The van der Waals surface area contributed by atoms with Crippen molar-refractivity contribution in [3.63, 3.8) is 0 Å². The van der Waals surface area contributed by atoms with Gasteiger partial charge in [0.15, 0.2) is 0 Å². The van der Waals surface area contributed by atoms with Crippen molar-refractivity contribution in [3.05, 3.63) is 71.8 Å². The average Bonchev–Trinajstić information content (AvgIpc) is 3.13. The number of ether oxygens (including phenoxy) is 1. The SMILES string of the molecule is CCOC(=O)N1CCC[C@H]1C(O)(c1ccccc1)c1ccccc1. The molecule has 0 unspecified atom stereocenters. The molecule has 1 aliphatic heterocycles. The Hall–Kier alpha value is -2.33. The Morgan fingerprint density at radius 2 is 1.67 bits per heavy atom. The summed E-state index contributed by atoms with van der Waals surface area (Å²) in [7, 11) is 0. The van der Waals surface area contributed by atoms with E-state index in [1.165, 1.54) is 0 Å². The van der Waals surface area contributed by atoms with Gasteiger partial charge in [-0.1, -0.05) is 60.7 Å². The summed E-state index contributed by atoms with van der Waals surface area (Å²) in [5.74, 6) is 0. The predicted molar refractivity (Wildman–Crippen MR) is 92.6 cm³/mol. The molecule has 0 aromatic heterocycles. The van der Waals surface area contributed by atoms with Crippen LogP contribution in [0.15, 0.2) is 60.7 Å². The van der Waals surface area contributed by atoms with Crippen LogP contribution in [0, 0.1) is 0 Å². The van der Waals surface area contributed by atoms with Gasteiger partial charge in [-0.15, -0.1) is 0 Å². The average molecular weight is 325 g/mol. The number of amides is 1.